The molecular weight excluding hydrogens is 629 g/mol. The fourth-order valence-electron chi connectivity index (χ4n) is 3.73. The van der Waals surface area contributed by atoms with Crippen molar-refractivity contribution in [3.8, 4) is 0 Å². The number of hydrogen-bond donors (Lipinski definition) is 0. The third kappa shape index (κ3) is 9.65. The molecule has 0 heterocycles. The summed E-state index contributed by atoms with van der Waals surface area (Å²) < 4.78 is 158. The molecule has 0 amide bonds. The zero-order valence-electron chi connectivity index (χ0n) is 20.0. The van der Waals surface area contributed by atoms with Crippen LogP contribution in [0.15, 0.2) is 42.5 Å². The molecule has 2 aromatic carbocycles. The van der Waals surface area contributed by atoms with Gasteiger partial charge in [0.1, 0.15) is 17.5 Å². The minimum absolute atomic E-state index is 0.0180. The van der Waals surface area contributed by atoms with Crippen LogP contribution in [0, 0.1) is 5.92 Å². The zero-order valence-corrected chi connectivity index (χ0v) is 22.3. The van der Waals surface area contributed by atoms with Gasteiger partial charge in [-0.25, -0.2) is 12.8 Å². The van der Waals surface area contributed by atoms with Gasteiger partial charge < -0.3 is 0 Å². The first kappa shape index (κ1) is 33.9. The summed E-state index contributed by atoms with van der Waals surface area (Å²) in [6.45, 7) is 1.04. The first-order valence-electron chi connectivity index (χ1n) is 10.9. The Morgan fingerprint density at radius 2 is 1.52 bits per heavy atom. The number of benzene rings is 2. The Morgan fingerprint density at radius 3 is 2.02 bits per heavy atom. The molecule has 3 nitrogen and oxygen atoms in total. The van der Waals surface area contributed by atoms with E-state index in [-0.39, 0.29) is 22.2 Å². The highest BCUT2D eigenvalue weighted by Gasteiger charge is 2.41. The number of carbonyl (C=O) groups excluding carboxylic acids is 1. The molecule has 2 rings (SSSR count). The Balaban J connectivity index is 2.43. The fraction of sp³-hybridized carbons (Fsp3) is 0.375. The summed E-state index contributed by atoms with van der Waals surface area (Å²) >= 11 is 11.4. The van der Waals surface area contributed by atoms with Gasteiger partial charge in [-0.1, -0.05) is 48.3 Å². The first-order valence-corrected chi connectivity index (χ1v) is 13.5. The van der Waals surface area contributed by atoms with Gasteiger partial charge >= 0.3 is 18.5 Å². The number of carbonyl (C=O) groups is 1. The third-order valence-corrected chi connectivity index (χ3v) is 7.91. The molecule has 0 N–H and O–H groups in total. The Bertz CT molecular complexity index is 1380. The Hall–Kier alpha value is -2.32. The van der Waals surface area contributed by atoms with Crippen molar-refractivity contribution < 1.29 is 57.1 Å². The molecule has 0 aliphatic heterocycles. The molecule has 2 aromatic rings. The maximum Gasteiger partial charge on any atom is 0.417 e. The van der Waals surface area contributed by atoms with Gasteiger partial charge in [0.2, 0.25) is 0 Å². The molecule has 16 heteroatoms. The van der Waals surface area contributed by atoms with Gasteiger partial charge in [0.25, 0.3) is 0 Å². The van der Waals surface area contributed by atoms with Gasteiger partial charge in [0.15, 0.2) is 15.6 Å². The topological polar surface area (TPSA) is 51.2 Å². The van der Waals surface area contributed by atoms with Gasteiger partial charge in [-0.2, -0.15) is 39.5 Å². The van der Waals surface area contributed by atoms with Crippen LogP contribution >= 0.6 is 23.2 Å². The monoisotopic (exact) mass is 646 g/mol. The van der Waals surface area contributed by atoms with E-state index in [0.717, 1.165) is 25.1 Å². The van der Waals surface area contributed by atoms with E-state index in [1.165, 1.54) is 0 Å². The molecule has 0 radical (unpaired) electrons. The van der Waals surface area contributed by atoms with Gasteiger partial charge in [-0.3, -0.25) is 4.79 Å². The van der Waals surface area contributed by atoms with E-state index in [1.807, 2.05) is 0 Å². The van der Waals surface area contributed by atoms with Crippen LogP contribution in [0.5, 0.6) is 0 Å². The second-order valence-electron chi connectivity index (χ2n) is 8.87. The van der Waals surface area contributed by atoms with E-state index in [1.54, 1.807) is 0 Å². The lowest BCUT2D eigenvalue weighted by atomic mass is 9.93. The molecule has 0 spiro atoms. The molecule has 40 heavy (non-hydrogen) atoms. The molecule has 1 unspecified atom stereocenters. The van der Waals surface area contributed by atoms with E-state index in [9.17, 15) is 57.1 Å². The second kappa shape index (κ2) is 12.3. The summed E-state index contributed by atoms with van der Waals surface area (Å²) in [7, 11) is -4.74. The van der Waals surface area contributed by atoms with E-state index in [2.05, 4.69) is 0 Å². The van der Waals surface area contributed by atoms with E-state index >= 15 is 0 Å². The lowest BCUT2D eigenvalue weighted by Gasteiger charge is -2.19. The van der Waals surface area contributed by atoms with Gasteiger partial charge in [0, 0.05) is 17.5 Å². The Labute approximate surface area is 231 Å². The predicted molar refractivity (Wildman–Crippen MR) is 129 cm³/mol. The van der Waals surface area contributed by atoms with Crippen LogP contribution in [-0.4, -0.2) is 38.1 Å². The van der Waals surface area contributed by atoms with Crippen molar-refractivity contribution in [2.45, 2.75) is 37.8 Å². The predicted octanol–water partition coefficient (Wildman–Crippen LogP) is 8.85. The van der Waals surface area contributed by atoms with Crippen LogP contribution in [0.1, 0.15) is 46.3 Å². The molecule has 0 aromatic heterocycles. The number of alkyl halides is 9. The normalized spacial score (nSPS) is 15.2. The minimum Gasteiger partial charge on any atom is -0.294 e. The fourth-order valence-corrected chi connectivity index (χ4v) is 5.63. The Morgan fingerprint density at radius 1 is 0.925 bits per heavy atom. The molecule has 2 atom stereocenters. The molecular formula is C24H18Cl2F10O3S. The average Bonchev–Trinajstić information content (AvgIpc) is 2.75. The van der Waals surface area contributed by atoms with Crippen molar-refractivity contribution in [1.29, 1.82) is 0 Å². The average molecular weight is 647 g/mol. The molecule has 0 aliphatic carbocycles. The molecule has 0 saturated carbocycles. The van der Waals surface area contributed by atoms with Crippen LogP contribution in [0.4, 0.5) is 43.9 Å². The maximum atomic E-state index is 14.9. The van der Waals surface area contributed by atoms with Crippen molar-refractivity contribution in [3.05, 3.63) is 74.8 Å². The third-order valence-electron chi connectivity index (χ3n) is 5.33. The Kier molecular flexibility index (Phi) is 10.4. The lowest BCUT2D eigenvalue weighted by molar-refractivity contribution is -0.140. The minimum atomic E-state index is -5.31. The summed E-state index contributed by atoms with van der Waals surface area (Å²) in [6, 6.07) is 3.93. The second-order valence-corrected chi connectivity index (χ2v) is 11.8. The number of ketones is 1. The summed E-state index contributed by atoms with van der Waals surface area (Å²) in [5.41, 5.74) is -4.32. The van der Waals surface area contributed by atoms with Crippen LogP contribution in [0.25, 0.3) is 5.83 Å². The highest BCUT2D eigenvalue weighted by molar-refractivity contribution is 7.91. The van der Waals surface area contributed by atoms with Crippen LogP contribution in [0.2, 0.25) is 10.0 Å². The van der Waals surface area contributed by atoms with Crippen LogP contribution in [-0.2, 0) is 16.0 Å². The molecule has 222 valence electrons. The summed E-state index contributed by atoms with van der Waals surface area (Å²) in [6.07, 6.45) is -16.4. The highest BCUT2D eigenvalue weighted by atomic mass is 35.5. The number of Topliss-reactive ketones (excluding diaryl/α,β-unsaturated/α-hetero) is 1. The smallest absolute Gasteiger partial charge is 0.294 e. The van der Waals surface area contributed by atoms with E-state index in [4.69, 9.17) is 23.2 Å². The summed E-state index contributed by atoms with van der Waals surface area (Å²) in [4.78, 5) is 12.5. The van der Waals surface area contributed by atoms with Crippen molar-refractivity contribution in [2.24, 2.45) is 5.92 Å². The number of sulfone groups is 1. The molecule has 0 bridgehead atoms. The number of hydrogen-bond acceptors (Lipinski definition) is 3. The maximum absolute atomic E-state index is 14.9. The van der Waals surface area contributed by atoms with E-state index < -0.39 is 92.0 Å². The molecule has 0 saturated heterocycles. The van der Waals surface area contributed by atoms with Gasteiger partial charge in [-0.15, -0.1) is 0 Å². The largest absolute Gasteiger partial charge is 0.417 e. The standard InChI is InChI=1S/C24H18Cl2F10O3S/c1-12(10-40(38,39)11-22(28,29)30)6-21(37)15-4-2-14(7-17(15)24(34,35)36)20(27)9-16(23(31,32)33)13-3-5-18(25)19(26)8-13/h2-5,7-9,12,16H,6,10-11H2,1H3/b20-9-/t12-,16?/m0/s1. The quantitative estimate of drug-likeness (QED) is 0.202. The molecule has 0 aliphatic rings. The van der Waals surface area contributed by atoms with Gasteiger partial charge in [-0.05, 0) is 35.8 Å². The first-order chi connectivity index (χ1) is 18.0. The molecule has 0 fully saturated rings. The summed E-state index contributed by atoms with van der Waals surface area (Å²) in [5, 5.41) is -0.386. The van der Waals surface area contributed by atoms with E-state index in [0.29, 0.717) is 12.1 Å². The SMILES string of the molecule is C[C@@H](CC(=O)c1ccc(/C(F)=C/C(c2ccc(Cl)c(Cl)c2)C(F)(F)F)cc1C(F)(F)F)CS(=O)(=O)CC(F)(F)F. The van der Waals surface area contributed by atoms with Crippen molar-refractivity contribution in [3.63, 3.8) is 0 Å². The van der Waals surface area contributed by atoms with Crippen LogP contribution in [0.3, 0.4) is 0 Å². The lowest BCUT2D eigenvalue weighted by Crippen LogP contribution is -2.28. The van der Waals surface area contributed by atoms with Crippen molar-refractivity contribution >= 4 is 44.6 Å². The number of halogens is 12. The van der Waals surface area contributed by atoms with Gasteiger partial charge in [0.05, 0.1) is 21.4 Å². The number of allylic oxidation sites excluding steroid dienone is 1. The zero-order chi connectivity index (χ0) is 30.8. The number of rotatable bonds is 9. The summed E-state index contributed by atoms with van der Waals surface area (Å²) in [5.74, 6) is -10.3. The van der Waals surface area contributed by atoms with Crippen molar-refractivity contribution in [2.75, 3.05) is 11.5 Å². The highest BCUT2D eigenvalue weighted by Crippen LogP contribution is 2.41. The van der Waals surface area contributed by atoms with Crippen molar-refractivity contribution in [1.82, 2.24) is 0 Å². The van der Waals surface area contributed by atoms with Crippen LogP contribution < -0.4 is 0 Å².